The lowest BCUT2D eigenvalue weighted by atomic mass is 10.1. The lowest BCUT2D eigenvalue weighted by Gasteiger charge is -2.17. The van der Waals surface area contributed by atoms with Crippen molar-refractivity contribution in [2.75, 3.05) is 13.7 Å². The van der Waals surface area contributed by atoms with E-state index in [2.05, 4.69) is 46.4 Å². The Morgan fingerprint density at radius 3 is 3.12 bits per heavy atom. The van der Waals surface area contributed by atoms with Gasteiger partial charge in [-0.2, -0.15) is 0 Å². The van der Waals surface area contributed by atoms with Gasteiger partial charge in [-0.15, -0.1) is 0 Å². The average molecular weight is 284 g/mol. The highest BCUT2D eigenvalue weighted by Crippen LogP contribution is 2.35. The van der Waals surface area contributed by atoms with Crippen molar-refractivity contribution in [1.82, 2.24) is 5.32 Å². The third-order valence-corrected chi connectivity index (χ3v) is 4.01. The van der Waals surface area contributed by atoms with Crippen molar-refractivity contribution in [1.29, 1.82) is 0 Å². The van der Waals surface area contributed by atoms with Crippen LogP contribution in [0, 0.1) is 0 Å². The molecule has 1 aliphatic rings. The monoisotopic (exact) mass is 283 g/mol. The summed E-state index contributed by atoms with van der Waals surface area (Å²) in [5.41, 5.74) is 2.91. The SMILES string of the molecule is COC(C)CNC1CCc2c(Br)cccc21. The second-order valence-electron chi connectivity index (χ2n) is 4.35. The van der Waals surface area contributed by atoms with Crippen LogP contribution in [0.2, 0.25) is 0 Å². The van der Waals surface area contributed by atoms with Crippen LogP contribution < -0.4 is 5.32 Å². The Morgan fingerprint density at radius 2 is 2.38 bits per heavy atom. The molecular weight excluding hydrogens is 266 g/mol. The molecule has 2 nitrogen and oxygen atoms in total. The topological polar surface area (TPSA) is 21.3 Å². The van der Waals surface area contributed by atoms with Gasteiger partial charge in [-0.05, 0) is 37.0 Å². The molecule has 2 rings (SSSR count). The van der Waals surface area contributed by atoms with E-state index in [1.807, 2.05) is 0 Å². The maximum absolute atomic E-state index is 5.25. The quantitative estimate of drug-likeness (QED) is 0.917. The van der Waals surface area contributed by atoms with E-state index in [-0.39, 0.29) is 6.10 Å². The van der Waals surface area contributed by atoms with Crippen molar-refractivity contribution >= 4 is 15.9 Å². The number of ether oxygens (including phenoxy) is 1. The van der Waals surface area contributed by atoms with Gasteiger partial charge in [0.1, 0.15) is 0 Å². The van der Waals surface area contributed by atoms with Gasteiger partial charge in [0.2, 0.25) is 0 Å². The maximum Gasteiger partial charge on any atom is 0.0667 e. The predicted molar refractivity (Wildman–Crippen MR) is 69.7 cm³/mol. The van der Waals surface area contributed by atoms with Crippen LogP contribution in [-0.2, 0) is 11.2 Å². The lowest BCUT2D eigenvalue weighted by molar-refractivity contribution is 0.114. The van der Waals surface area contributed by atoms with Crippen molar-refractivity contribution in [3.8, 4) is 0 Å². The van der Waals surface area contributed by atoms with Gasteiger partial charge in [-0.3, -0.25) is 0 Å². The van der Waals surface area contributed by atoms with Crippen LogP contribution in [0.15, 0.2) is 22.7 Å². The highest BCUT2D eigenvalue weighted by Gasteiger charge is 2.23. The highest BCUT2D eigenvalue weighted by atomic mass is 79.9. The van der Waals surface area contributed by atoms with Crippen LogP contribution in [0.3, 0.4) is 0 Å². The second kappa shape index (κ2) is 5.30. The summed E-state index contributed by atoms with van der Waals surface area (Å²) in [5, 5.41) is 3.57. The van der Waals surface area contributed by atoms with Gasteiger partial charge in [-0.25, -0.2) is 0 Å². The summed E-state index contributed by atoms with van der Waals surface area (Å²) in [6, 6.07) is 6.95. The van der Waals surface area contributed by atoms with E-state index < -0.39 is 0 Å². The number of methoxy groups -OCH3 is 1. The predicted octanol–water partition coefficient (Wildman–Crippen LogP) is 3.06. The zero-order chi connectivity index (χ0) is 11.5. The third kappa shape index (κ3) is 2.47. The van der Waals surface area contributed by atoms with Crippen molar-refractivity contribution in [2.45, 2.75) is 31.9 Å². The number of nitrogens with one attached hydrogen (secondary N) is 1. The minimum Gasteiger partial charge on any atom is -0.380 e. The van der Waals surface area contributed by atoms with Gasteiger partial charge in [0.15, 0.2) is 0 Å². The summed E-state index contributed by atoms with van der Waals surface area (Å²) in [5.74, 6) is 0. The summed E-state index contributed by atoms with van der Waals surface area (Å²) < 4.78 is 6.49. The van der Waals surface area contributed by atoms with Gasteiger partial charge in [-0.1, -0.05) is 28.1 Å². The first kappa shape index (κ1) is 12.1. The average Bonchev–Trinajstić information content (AvgIpc) is 2.70. The van der Waals surface area contributed by atoms with Crippen LogP contribution in [-0.4, -0.2) is 19.8 Å². The minimum atomic E-state index is 0.274. The van der Waals surface area contributed by atoms with Crippen LogP contribution in [0.4, 0.5) is 0 Å². The fourth-order valence-corrected chi connectivity index (χ4v) is 2.79. The van der Waals surface area contributed by atoms with E-state index >= 15 is 0 Å². The molecule has 2 unspecified atom stereocenters. The number of hydrogen-bond donors (Lipinski definition) is 1. The number of halogens is 1. The van der Waals surface area contributed by atoms with E-state index in [1.165, 1.54) is 22.0 Å². The molecule has 0 fully saturated rings. The first-order valence-corrected chi connectivity index (χ1v) is 6.55. The molecule has 0 aromatic heterocycles. The number of fused-ring (bicyclic) bond motifs is 1. The normalized spacial score (nSPS) is 20.8. The molecule has 1 aromatic carbocycles. The molecule has 0 radical (unpaired) electrons. The Kier molecular flexibility index (Phi) is 4.00. The van der Waals surface area contributed by atoms with Crippen molar-refractivity contribution in [3.05, 3.63) is 33.8 Å². The molecule has 0 heterocycles. The maximum atomic E-state index is 5.25. The van der Waals surface area contributed by atoms with E-state index in [1.54, 1.807) is 7.11 Å². The Balaban J connectivity index is 2.03. The molecule has 0 amide bonds. The summed E-state index contributed by atoms with van der Waals surface area (Å²) in [6.45, 7) is 3.00. The van der Waals surface area contributed by atoms with Crippen LogP contribution in [0.5, 0.6) is 0 Å². The standard InChI is InChI=1S/C13H18BrNO/c1-9(16-2)8-15-13-7-6-10-11(13)4-3-5-12(10)14/h3-5,9,13,15H,6-8H2,1-2H3. The molecular formula is C13H18BrNO. The first-order valence-electron chi connectivity index (χ1n) is 5.76. The Bertz CT molecular complexity index is 367. The van der Waals surface area contributed by atoms with Crippen LogP contribution in [0.1, 0.15) is 30.5 Å². The smallest absolute Gasteiger partial charge is 0.0667 e. The molecule has 1 aromatic rings. The lowest BCUT2D eigenvalue weighted by Crippen LogP contribution is -2.28. The van der Waals surface area contributed by atoms with Crippen molar-refractivity contribution in [3.63, 3.8) is 0 Å². The fraction of sp³-hybridized carbons (Fsp3) is 0.538. The molecule has 0 spiro atoms. The Morgan fingerprint density at radius 1 is 1.56 bits per heavy atom. The molecule has 2 atom stereocenters. The molecule has 0 saturated carbocycles. The van der Waals surface area contributed by atoms with Gasteiger partial charge in [0.05, 0.1) is 6.10 Å². The van der Waals surface area contributed by atoms with Gasteiger partial charge >= 0.3 is 0 Å². The van der Waals surface area contributed by atoms with Crippen LogP contribution in [0.25, 0.3) is 0 Å². The number of benzene rings is 1. The molecule has 88 valence electrons. The Labute approximate surface area is 106 Å². The molecule has 0 bridgehead atoms. The summed E-state index contributed by atoms with van der Waals surface area (Å²) in [4.78, 5) is 0. The molecule has 1 aliphatic carbocycles. The van der Waals surface area contributed by atoms with Crippen LogP contribution >= 0.6 is 15.9 Å². The Hall–Kier alpha value is -0.380. The van der Waals surface area contributed by atoms with Gasteiger partial charge in [0, 0.05) is 24.2 Å². The minimum absolute atomic E-state index is 0.274. The summed E-state index contributed by atoms with van der Waals surface area (Å²) >= 11 is 3.62. The number of rotatable bonds is 4. The van der Waals surface area contributed by atoms with E-state index in [4.69, 9.17) is 4.74 Å². The largest absolute Gasteiger partial charge is 0.380 e. The zero-order valence-electron chi connectivity index (χ0n) is 9.79. The molecule has 3 heteroatoms. The van der Waals surface area contributed by atoms with Gasteiger partial charge < -0.3 is 10.1 Å². The van der Waals surface area contributed by atoms with Crippen molar-refractivity contribution < 1.29 is 4.74 Å². The number of hydrogen-bond acceptors (Lipinski definition) is 2. The van der Waals surface area contributed by atoms with Gasteiger partial charge in [0.25, 0.3) is 0 Å². The fourth-order valence-electron chi connectivity index (χ4n) is 2.21. The second-order valence-corrected chi connectivity index (χ2v) is 5.21. The van der Waals surface area contributed by atoms with E-state index in [0.717, 1.165) is 13.0 Å². The molecule has 16 heavy (non-hydrogen) atoms. The molecule has 1 N–H and O–H groups in total. The zero-order valence-corrected chi connectivity index (χ0v) is 11.4. The third-order valence-electron chi connectivity index (χ3n) is 3.27. The summed E-state index contributed by atoms with van der Waals surface area (Å²) in [7, 11) is 1.76. The van der Waals surface area contributed by atoms with E-state index in [9.17, 15) is 0 Å². The van der Waals surface area contributed by atoms with E-state index in [0.29, 0.717) is 6.04 Å². The van der Waals surface area contributed by atoms with Crippen molar-refractivity contribution in [2.24, 2.45) is 0 Å². The molecule has 0 saturated heterocycles. The highest BCUT2D eigenvalue weighted by molar-refractivity contribution is 9.10. The molecule has 0 aliphatic heterocycles. The summed E-state index contributed by atoms with van der Waals surface area (Å²) in [6.07, 6.45) is 2.63. The first-order chi connectivity index (χ1) is 7.72.